The van der Waals surface area contributed by atoms with Crippen LogP contribution in [0.5, 0.6) is 0 Å². The van der Waals surface area contributed by atoms with Crippen LogP contribution in [0.15, 0.2) is 54.9 Å². The van der Waals surface area contributed by atoms with E-state index >= 15 is 0 Å². The largest absolute Gasteiger partial charge is 0.337 e. The maximum atomic E-state index is 13.2. The normalized spacial score (nSPS) is 17.3. The Kier molecular flexibility index (Phi) is 4.48. The molecular weight excluding hydrogens is 331 g/mol. The minimum Gasteiger partial charge on any atom is -0.337 e. The third kappa shape index (κ3) is 3.22. The summed E-state index contributed by atoms with van der Waals surface area (Å²) < 4.78 is 13.2. The zero-order valence-corrected chi connectivity index (χ0v) is 14.2. The lowest BCUT2D eigenvalue weighted by atomic mass is 9.90. The number of rotatable bonds is 3. The number of aromatic amines is 1. The van der Waals surface area contributed by atoms with Gasteiger partial charge in [-0.15, -0.1) is 0 Å². The number of pyridine rings is 1. The summed E-state index contributed by atoms with van der Waals surface area (Å²) in [6.07, 6.45) is 5.30. The van der Waals surface area contributed by atoms with E-state index in [2.05, 4.69) is 15.2 Å². The molecule has 0 aliphatic carbocycles. The third-order valence-electron chi connectivity index (χ3n) is 4.82. The van der Waals surface area contributed by atoms with Crippen molar-refractivity contribution in [1.29, 1.82) is 0 Å². The molecule has 26 heavy (non-hydrogen) atoms. The van der Waals surface area contributed by atoms with Gasteiger partial charge in [0.1, 0.15) is 11.5 Å². The molecule has 132 valence electrons. The summed E-state index contributed by atoms with van der Waals surface area (Å²) in [5.41, 5.74) is 3.34. The van der Waals surface area contributed by atoms with Crippen LogP contribution in [-0.4, -0.2) is 39.1 Å². The molecule has 0 saturated carbocycles. The SMILES string of the molecule is O=C(c1ccccn1)N1CCCC(c2[nH]ncc2-c2ccc(F)cc2)C1. The van der Waals surface area contributed by atoms with E-state index in [0.717, 1.165) is 36.2 Å². The van der Waals surface area contributed by atoms with Gasteiger partial charge in [0.05, 0.1) is 6.20 Å². The fourth-order valence-corrected chi connectivity index (χ4v) is 3.52. The average Bonchev–Trinajstić information content (AvgIpc) is 3.19. The van der Waals surface area contributed by atoms with Gasteiger partial charge in [0.2, 0.25) is 0 Å². The highest BCUT2D eigenvalue weighted by atomic mass is 19.1. The molecule has 1 N–H and O–H groups in total. The molecule has 0 bridgehead atoms. The first-order chi connectivity index (χ1) is 12.7. The van der Waals surface area contributed by atoms with E-state index in [0.29, 0.717) is 12.2 Å². The number of hydrogen-bond acceptors (Lipinski definition) is 3. The van der Waals surface area contributed by atoms with Gasteiger partial charge in [-0.3, -0.25) is 14.9 Å². The van der Waals surface area contributed by atoms with Gasteiger partial charge in [-0.05, 0) is 42.7 Å². The number of piperidine rings is 1. The standard InChI is InChI=1S/C20H19FN4O/c21-16-8-6-14(7-9-16)17-12-23-24-19(17)15-4-3-11-25(13-15)20(26)18-5-1-2-10-22-18/h1-2,5-10,12,15H,3-4,11,13H2,(H,23,24). The predicted molar refractivity (Wildman–Crippen MR) is 96.1 cm³/mol. The van der Waals surface area contributed by atoms with Crippen molar-refractivity contribution in [3.05, 3.63) is 72.1 Å². The zero-order valence-electron chi connectivity index (χ0n) is 14.2. The quantitative estimate of drug-likeness (QED) is 0.785. The molecule has 1 aliphatic heterocycles. The second kappa shape index (κ2) is 7.07. The number of benzene rings is 1. The van der Waals surface area contributed by atoms with Gasteiger partial charge in [-0.2, -0.15) is 5.10 Å². The van der Waals surface area contributed by atoms with Gasteiger partial charge in [0, 0.05) is 36.5 Å². The molecule has 1 aliphatic rings. The van der Waals surface area contributed by atoms with Crippen LogP contribution < -0.4 is 0 Å². The lowest BCUT2D eigenvalue weighted by molar-refractivity contribution is 0.0700. The van der Waals surface area contributed by atoms with Crippen molar-refractivity contribution < 1.29 is 9.18 Å². The van der Waals surface area contributed by atoms with Crippen molar-refractivity contribution in [2.75, 3.05) is 13.1 Å². The summed E-state index contributed by atoms with van der Waals surface area (Å²) in [6.45, 7) is 1.34. The molecule has 0 spiro atoms. The highest BCUT2D eigenvalue weighted by Gasteiger charge is 2.28. The van der Waals surface area contributed by atoms with Crippen molar-refractivity contribution in [3.8, 4) is 11.1 Å². The summed E-state index contributed by atoms with van der Waals surface area (Å²) in [4.78, 5) is 18.7. The number of carbonyl (C=O) groups excluding carboxylic acids is 1. The number of nitrogens with one attached hydrogen (secondary N) is 1. The molecule has 1 fully saturated rings. The minimum atomic E-state index is -0.261. The predicted octanol–water partition coefficient (Wildman–Crippen LogP) is 3.63. The van der Waals surface area contributed by atoms with Crippen LogP contribution in [-0.2, 0) is 0 Å². The van der Waals surface area contributed by atoms with Crippen molar-refractivity contribution >= 4 is 5.91 Å². The van der Waals surface area contributed by atoms with Crippen molar-refractivity contribution in [2.45, 2.75) is 18.8 Å². The summed E-state index contributed by atoms with van der Waals surface area (Å²) in [5, 5.41) is 7.28. The summed E-state index contributed by atoms with van der Waals surface area (Å²) in [5.74, 6) is -0.138. The number of halogens is 1. The maximum absolute atomic E-state index is 13.2. The van der Waals surface area contributed by atoms with Crippen LogP contribution in [0.2, 0.25) is 0 Å². The number of H-pyrrole nitrogens is 1. The number of nitrogens with zero attached hydrogens (tertiary/aromatic N) is 3. The molecule has 4 rings (SSSR count). The maximum Gasteiger partial charge on any atom is 0.272 e. The lowest BCUT2D eigenvalue weighted by Gasteiger charge is -2.32. The van der Waals surface area contributed by atoms with E-state index in [4.69, 9.17) is 0 Å². The van der Waals surface area contributed by atoms with E-state index in [9.17, 15) is 9.18 Å². The molecule has 1 aromatic carbocycles. The summed E-state index contributed by atoms with van der Waals surface area (Å²) in [6, 6.07) is 11.8. The smallest absolute Gasteiger partial charge is 0.272 e. The van der Waals surface area contributed by atoms with Crippen LogP contribution in [0.3, 0.4) is 0 Å². The molecule has 1 unspecified atom stereocenters. The van der Waals surface area contributed by atoms with Gasteiger partial charge in [-0.1, -0.05) is 18.2 Å². The van der Waals surface area contributed by atoms with E-state index in [1.165, 1.54) is 12.1 Å². The molecule has 2 aromatic heterocycles. The van der Waals surface area contributed by atoms with Gasteiger partial charge in [-0.25, -0.2) is 4.39 Å². The number of hydrogen-bond donors (Lipinski definition) is 1. The Bertz CT molecular complexity index is 892. The Labute approximate surface area is 150 Å². The first-order valence-corrected chi connectivity index (χ1v) is 8.72. The van der Waals surface area contributed by atoms with Crippen LogP contribution >= 0.6 is 0 Å². The molecular formula is C20H19FN4O. The Morgan fingerprint density at radius 3 is 2.81 bits per heavy atom. The second-order valence-electron chi connectivity index (χ2n) is 6.51. The van der Waals surface area contributed by atoms with Crippen LogP contribution in [0.4, 0.5) is 4.39 Å². The van der Waals surface area contributed by atoms with E-state index < -0.39 is 0 Å². The Morgan fingerprint density at radius 2 is 2.04 bits per heavy atom. The molecule has 5 nitrogen and oxygen atoms in total. The van der Waals surface area contributed by atoms with E-state index in [1.807, 2.05) is 11.0 Å². The number of likely N-dealkylation sites (tertiary alicyclic amines) is 1. The minimum absolute atomic E-state index is 0.0434. The molecule has 3 heterocycles. The lowest BCUT2D eigenvalue weighted by Crippen LogP contribution is -2.39. The first kappa shape index (κ1) is 16.4. The Balaban J connectivity index is 1.57. The molecule has 1 amide bonds. The van der Waals surface area contributed by atoms with Gasteiger partial charge < -0.3 is 4.90 Å². The Hall–Kier alpha value is -3.02. The van der Waals surface area contributed by atoms with Crippen LogP contribution in [0.1, 0.15) is 34.9 Å². The first-order valence-electron chi connectivity index (χ1n) is 8.72. The monoisotopic (exact) mass is 350 g/mol. The van der Waals surface area contributed by atoms with E-state index in [1.54, 1.807) is 36.7 Å². The zero-order chi connectivity index (χ0) is 17.9. The van der Waals surface area contributed by atoms with Crippen LogP contribution in [0, 0.1) is 5.82 Å². The fraction of sp³-hybridized carbons (Fsp3) is 0.250. The molecule has 1 saturated heterocycles. The average molecular weight is 350 g/mol. The van der Waals surface area contributed by atoms with Crippen molar-refractivity contribution in [2.24, 2.45) is 0 Å². The van der Waals surface area contributed by atoms with Crippen molar-refractivity contribution in [1.82, 2.24) is 20.1 Å². The number of amides is 1. The summed E-state index contributed by atoms with van der Waals surface area (Å²) >= 11 is 0. The second-order valence-corrected chi connectivity index (χ2v) is 6.51. The molecule has 3 aromatic rings. The number of aromatic nitrogens is 3. The highest BCUT2D eigenvalue weighted by Crippen LogP contribution is 2.33. The van der Waals surface area contributed by atoms with Gasteiger partial charge in [0.15, 0.2) is 0 Å². The van der Waals surface area contributed by atoms with Crippen molar-refractivity contribution in [3.63, 3.8) is 0 Å². The highest BCUT2D eigenvalue weighted by molar-refractivity contribution is 5.92. The van der Waals surface area contributed by atoms with Gasteiger partial charge >= 0.3 is 0 Å². The summed E-state index contributed by atoms with van der Waals surface area (Å²) in [7, 11) is 0. The number of carbonyl (C=O) groups is 1. The fourth-order valence-electron chi connectivity index (χ4n) is 3.52. The van der Waals surface area contributed by atoms with Crippen LogP contribution in [0.25, 0.3) is 11.1 Å². The topological polar surface area (TPSA) is 61.9 Å². The Morgan fingerprint density at radius 1 is 1.19 bits per heavy atom. The third-order valence-corrected chi connectivity index (χ3v) is 4.82. The van der Waals surface area contributed by atoms with Gasteiger partial charge in [0.25, 0.3) is 5.91 Å². The molecule has 0 radical (unpaired) electrons. The van der Waals surface area contributed by atoms with E-state index in [-0.39, 0.29) is 17.6 Å². The molecule has 6 heteroatoms. The molecule has 1 atom stereocenters.